The van der Waals surface area contributed by atoms with Crippen LogP contribution >= 0.6 is 0 Å². The molecular formula is C12H12N2O. The Bertz CT molecular complexity index is 459. The van der Waals surface area contributed by atoms with Gasteiger partial charge in [0.05, 0.1) is 18.6 Å². The molecule has 0 aliphatic carbocycles. The van der Waals surface area contributed by atoms with Crippen molar-refractivity contribution in [2.75, 3.05) is 0 Å². The summed E-state index contributed by atoms with van der Waals surface area (Å²) in [5, 5.41) is 0. The van der Waals surface area contributed by atoms with E-state index in [-0.39, 0.29) is 5.78 Å². The lowest BCUT2D eigenvalue weighted by Crippen LogP contribution is -2.02. The van der Waals surface area contributed by atoms with Gasteiger partial charge in [-0.3, -0.25) is 4.79 Å². The fraction of sp³-hybridized carbons (Fsp3) is 0.167. The molecule has 0 unspecified atom stereocenters. The molecule has 15 heavy (non-hydrogen) atoms. The highest BCUT2D eigenvalue weighted by atomic mass is 16.1. The average molecular weight is 200 g/mol. The molecule has 0 aliphatic rings. The van der Waals surface area contributed by atoms with E-state index in [1.54, 1.807) is 17.8 Å². The molecule has 1 heterocycles. The predicted octanol–water partition coefficient (Wildman–Crippen LogP) is 2.14. The van der Waals surface area contributed by atoms with E-state index in [1.807, 2.05) is 36.5 Å². The lowest BCUT2D eigenvalue weighted by atomic mass is 10.2. The number of aromatic nitrogens is 2. The van der Waals surface area contributed by atoms with Crippen LogP contribution in [0.4, 0.5) is 0 Å². The van der Waals surface area contributed by atoms with E-state index in [1.165, 1.54) is 0 Å². The van der Waals surface area contributed by atoms with Gasteiger partial charge >= 0.3 is 0 Å². The van der Waals surface area contributed by atoms with Gasteiger partial charge in [-0.1, -0.05) is 30.3 Å². The summed E-state index contributed by atoms with van der Waals surface area (Å²) >= 11 is 0. The molecule has 0 fully saturated rings. The van der Waals surface area contributed by atoms with Gasteiger partial charge in [-0.05, 0) is 6.92 Å². The highest BCUT2D eigenvalue weighted by molar-refractivity contribution is 5.75. The van der Waals surface area contributed by atoms with Gasteiger partial charge in [-0.15, -0.1) is 0 Å². The summed E-state index contributed by atoms with van der Waals surface area (Å²) < 4.78 is 1.80. The summed E-state index contributed by atoms with van der Waals surface area (Å²) in [5.41, 5.74) is 1.97. The van der Waals surface area contributed by atoms with Gasteiger partial charge in [0.25, 0.3) is 0 Å². The second-order valence-electron chi connectivity index (χ2n) is 3.50. The maximum atomic E-state index is 10.9. The lowest BCUT2D eigenvalue weighted by molar-refractivity contribution is -0.117. The molecule has 3 nitrogen and oxygen atoms in total. The smallest absolute Gasteiger partial charge is 0.149 e. The molecule has 0 bridgehead atoms. The van der Waals surface area contributed by atoms with Gasteiger partial charge < -0.3 is 4.57 Å². The summed E-state index contributed by atoms with van der Waals surface area (Å²) in [6.07, 6.45) is 3.57. The van der Waals surface area contributed by atoms with Gasteiger partial charge in [0.1, 0.15) is 5.78 Å². The normalized spacial score (nSPS) is 10.2. The first kappa shape index (κ1) is 9.65. The van der Waals surface area contributed by atoms with E-state index in [0.29, 0.717) is 6.54 Å². The summed E-state index contributed by atoms with van der Waals surface area (Å²) in [5.74, 6) is 0.131. The van der Waals surface area contributed by atoms with E-state index in [2.05, 4.69) is 4.98 Å². The Balaban J connectivity index is 2.24. The highest BCUT2D eigenvalue weighted by Gasteiger charge is 2.02. The number of carbonyl (C=O) groups is 1. The van der Waals surface area contributed by atoms with Gasteiger partial charge in [-0.2, -0.15) is 0 Å². The Kier molecular flexibility index (Phi) is 2.63. The fourth-order valence-corrected chi connectivity index (χ4v) is 1.46. The summed E-state index contributed by atoms with van der Waals surface area (Å²) in [6, 6.07) is 9.91. The maximum absolute atomic E-state index is 10.9. The number of nitrogens with zero attached hydrogens (tertiary/aromatic N) is 2. The number of hydrogen-bond acceptors (Lipinski definition) is 2. The van der Waals surface area contributed by atoms with Crippen molar-refractivity contribution in [3.63, 3.8) is 0 Å². The van der Waals surface area contributed by atoms with Crippen molar-refractivity contribution < 1.29 is 4.79 Å². The molecule has 0 atom stereocenters. The molecule has 76 valence electrons. The largest absolute Gasteiger partial charge is 0.329 e. The molecular weight excluding hydrogens is 188 g/mol. The number of Topliss-reactive ketones (excluding diaryl/α,β-unsaturated/α-hetero) is 1. The molecule has 0 aliphatic heterocycles. The Morgan fingerprint density at radius 2 is 2.07 bits per heavy atom. The number of imidazole rings is 1. The SMILES string of the molecule is CC(=O)Cn1cnc(-c2ccccc2)c1. The number of hydrogen-bond donors (Lipinski definition) is 0. The Morgan fingerprint density at radius 3 is 2.73 bits per heavy atom. The van der Waals surface area contributed by atoms with Crippen molar-refractivity contribution in [3.05, 3.63) is 42.9 Å². The van der Waals surface area contributed by atoms with Crippen LogP contribution in [0.25, 0.3) is 11.3 Å². The Labute approximate surface area is 88.4 Å². The van der Waals surface area contributed by atoms with Crippen LogP contribution in [0.2, 0.25) is 0 Å². The van der Waals surface area contributed by atoms with E-state index in [9.17, 15) is 4.79 Å². The number of ketones is 1. The number of carbonyl (C=O) groups excluding carboxylic acids is 1. The van der Waals surface area contributed by atoms with Crippen LogP contribution in [0, 0.1) is 0 Å². The summed E-state index contributed by atoms with van der Waals surface area (Å²) in [6.45, 7) is 1.96. The standard InChI is InChI=1S/C12H12N2O/c1-10(15)7-14-8-12(13-9-14)11-5-3-2-4-6-11/h2-6,8-9H,7H2,1H3. The molecule has 0 amide bonds. The third-order valence-corrected chi connectivity index (χ3v) is 2.11. The first-order valence-electron chi connectivity index (χ1n) is 4.82. The van der Waals surface area contributed by atoms with Crippen LogP contribution in [0.15, 0.2) is 42.9 Å². The van der Waals surface area contributed by atoms with Gasteiger partial charge in [-0.25, -0.2) is 4.98 Å². The minimum atomic E-state index is 0.131. The minimum absolute atomic E-state index is 0.131. The molecule has 0 saturated carbocycles. The van der Waals surface area contributed by atoms with Crippen LogP contribution in [-0.4, -0.2) is 15.3 Å². The first-order chi connectivity index (χ1) is 7.25. The van der Waals surface area contributed by atoms with E-state index < -0.39 is 0 Å². The molecule has 3 heteroatoms. The second-order valence-corrected chi connectivity index (χ2v) is 3.50. The Morgan fingerprint density at radius 1 is 1.33 bits per heavy atom. The highest BCUT2D eigenvalue weighted by Crippen LogP contribution is 2.15. The number of rotatable bonds is 3. The number of benzene rings is 1. The van der Waals surface area contributed by atoms with Crippen LogP contribution in [-0.2, 0) is 11.3 Å². The molecule has 0 spiro atoms. The molecule has 0 radical (unpaired) electrons. The van der Waals surface area contributed by atoms with Crippen LogP contribution in [0.1, 0.15) is 6.92 Å². The quantitative estimate of drug-likeness (QED) is 0.760. The van der Waals surface area contributed by atoms with Gasteiger partial charge in [0.2, 0.25) is 0 Å². The summed E-state index contributed by atoms with van der Waals surface area (Å²) in [4.78, 5) is 15.2. The molecule has 2 aromatic rings. The monoisotopic (exact) mass is 200 g/mol. The van der Waals surface area contributed by atoms with Crippen LogP contribution in [0.5, 0.6) is 0 Å². The lowest BCUT2D eigenvalue weighted by Gasteiger charge is -1.96. The van der Waals surface area contributed by atoms with E-state index in [0.717, 1.165) is 11.3 Å². The van der Waals surface area contributed by atoms with Crippen molar-refractivity contribution in [2.24, 2.45) is 0 Å². The predicted molar refractivity (Wildman–Crippen MR) is 58.3 cm³/mol. The van der Waals surface area contributed by atoms with E-state index in [4.69, 9.17) is 0 Å². The molecule has 0 N–H and O–H groups in total. The molecule has 1 aromatic carbocycles. The third kappa shape index (κ3) is 2.31. The van der Waals surface area contributed by atoms with Crippen molar-refractivity contribution in [2.45, 2.75) is 13.5 Å². The average Bonchev–Trinajstić information content (AvgIpc) is 2.67. The Hall–Kier alpha value is -1.90. The third-order valence-electron chi connectivity index (χ3n) is 2.11. The van der Waals surface area contributed by atoms with Gasteiger partial charge in [0, 0.05) is 11.8 Å². The zero-order valence-corrected chi connectivity index (χ0v) is 8.55. The van der Waals surface area contributed by atoms with Gasteiger partial charge in [0.15, 0.2) is 0 Å². The zero-order valence-electron chi connectivity index (χ0n) is 8.55. The van der Waals surface area contributed by atoms with Crippen LogP contribution < -0.4 is 0 Å². The zero-order chi connectivity index (χ0) is 10.7. The maximum Gasteiger partial charge on any atom is 0.149 e. The molecule has 0 saturated heterocycles. The van der Waals surface area contributed by atoms with E-state index >= 15 is 0 Å². The molecule has 1 aromatic heterocycles. The topological polar surface area (TPSA) is 34.9 Å². The second kappa shape index (κ2) is 4.09. The van der Waals surface area contributed by atoms with Crippen molar-refractivity contribution in [1.29, 1.82) is 0 Å². The van der Waals surface area contributed by atoms with Crippen LogP contribution in [0.3, 0.4) is 0 Å². The van der Waals surface area contributed by atoms with Crippen molar-refractivity contribution >= 4 is 5.78 Å². The first-order valence-corrected chi connectivity index (χ1v) is 4.82. The summed E-state index contributed by atoms with van der Waals surface area (Å²) in [7, 11) is 0. The minimum Gasteiger partial charge on any atom is -0.329 e. The fourth-order valence-electron chi connectivity index (χ4n) is 1.46. The molecule has 2 rings (SSSR count). The van der Waals surface area contributed by atoms with Crippen molar-refractivity contribution in [1.82, 2.24) is 9.55 Å². The van der Waals surface area contributed by atoms with Crippen molar-refractivity contribution in [3.8, 4) is 11.3 Å².